The van der Waals surface area contributed by atoms with E-state index in [0.717, 1.165) is 12.8 Å². The Morgan fingerprint density at radius 3 is 2.38 bits per heavy atom. The highest BCUT2D eigenvalue weighted by molar-refractivity contribution is 5.74. The predicted molar refractivity (Wildman–Crippen MR) is 50.8 cm³/mol. The summed E-state index contributed by atoms with van der Waals surface area (Å²) in [4.78, 5) is 11.2. The van der Waals surface area contributed by atoms with Gasteiger partial charge in [0.2, 0.25) is 0 Å². The number of rotatable bonds is 4. The van der Waals surface area contributed by atoms with Crippen molar-refractivity contribution in [3.05, 3.63) is 0 Å². The Balaban J connectivity index is 2.38. The first-order valence-corrected chi connectivity index (χ1v) is 5.00. The first-order chi connectivity index (χ1) is 7.27. The number of nitrogens with one attached hydrogen (secondary N) is 2. The van der Waals surface area contributed by atoms with Gasteiger partial charge in [-0.1, -0.05) is 0 Å². The van der Waals surface area contributed by atoms with E-state index in [9.17, 15) is 18.0 Å². The zero-order valence-corrected chi connectivity index (χ0v) is 8.90. The summed E-state index contributed by atoms with van der Waals surface area (Å²) in [6.07, 6.45) is -2.68. The lowest BCUT2D eigenvalue weighted by Gasteiger charge is -2.28. The molecule has 4 nitrogen and oxygen atoms in total. The Morgan fingerprint density at radius 2 is 2.00 bits per heavy atom. The van der Waals surface area contributed by atoms with Gasteiger partial charge in [0.25, 0.3) is 0 Å². The van der Waals surface area contributed by atoms with Gasteiger partial charge in [-0.25, -0.2) is 4.79 Å². The summed E-state index contributed by atoms with van der Waals surface area (Å²) in [5.74, 6) is 0.147. The van der Waals surface area contributed by atoms with Crippen LogP contribution in [0.15, 0.2) is 0 Å². The standard InChI is InChI=1S/C9H15F3N2O2/c1-8(5-15,6-2-3-6)14-7(16)13-4-9(10,11)12/h6,15H,2-5H2,1H3,(H2,13,14,16). The minimum Gasteiger partial charge on any atom is -0.394 e. The van der Waals surface area contributed by atoms with Gasteiger partial charge in [0.15, 0.2) is 0 Å². The molecule has 0 saturated heterocycles. The zero-order chi connectivity index (χ0) is 12.4. The fourth-order valence-corrected chi connectivity index (χ4v) is 1.48. The molecule has 0 aliphatic heterocycles. The highest BCUT2D eigenvalue weighted by atomic mass is 19.4. The molecule has 0 spiro atoms. The smallest absolute Gasteiger partial charge is 0.394 e. The van der Waals surface area contributed by atoms with E-state index in [1.54, 1.807) is 12.2 Å². The highest BCUT2D eigenvalue weighted by Crippen LogP contribution is 2.39. The first-order valence-electron chi connectivity index (χ1n) is 5.00. The fraction of sp³-hybridized carbons (Fsp3) is 0.889. The van der Waals surface area contributed by atoms with Crippen molar-refractivity contribution in [2.24, 2.45) is 5.92 Å². The van der Waals surface area contributed by atoms with Crippen LogP contribution in [0.3, 0.4) is 0 Å². The van der Waals surface area contributed by atoms with E-state index in [-0.39, 0.29) is 12.5 Å². The summed E-state index contributed by atoms with van der Waals surface area (Å²) in [5.41, 5.74) is -0.824. The number of amides is 2. The molecule has 0 heterocycles. The van der Waals surface area contributed by atoms with Crippen molar-refractivity contribution in [3.8, 4) is 0 Å². The first kappa shape index (κ1) is 13.1. The molecule has 0 aromatic rings. The highest BCUT2D eigenvalue weighted by Gasteiger charge is 2.42. The average Bonchev–Trinajstić information content (AvgIpc) is 2.96. The molecule has 1 saturated carbocycles. The maximum Gasteiger partial charge on any atom is 0.405 e. The van der Waals surface area contributed by atoms with Crippen LogP contribution >= 0.6 is 0 Å². The Bertz CT molecular complexity index is 266. The van der Waals surface area contributed by atoms with E-state index in [1.807, 2.05) is 0 Å². The van der Waals surface area contributed by atoms with Gasteiger partial charge in [-0.15, -0.1) is 0 Å². The summed E-state index contributed by atoms with van der Waals surface area (Å²) in [5, 5.41) is 13.2. The molecular weight excluding hydrogens is 225 g/mol. The molecule has 2 amide bonds. The van der Waals surface area contributed by atoms with Crippen LogP contribution in [0.1, 0.15) is 19.8 Å². The second-order valence-electron chi connectivity index (χ2n) is 4.27. The number of urea groups is 1. The summed E-state index contributed by atoms with van der Waals surface area (Å²) in [6, 6.07) is -0.902. The quantitative estimate of drug-likeness (QED) is 0.686. The van der Waals surface area contributed by atoms with Gasteiger partial charge in [-0.05, 0) is 25.7 Å². The van der Waals surface area contributed by atoms with Crippen molar-refractivity contribution >= 4 is 6.03 Å². The number of hydrogen-bond donors (Lipinski definition) is 3. The number of aliphatic hydroxyl groups excluding tert-OH is 1. The monoisotopic (exact) mass is 240 g/mol. The van der Waals surface area contributed by atoms with Crippen LogP contribution in [0.2, 0.25) is 0 Å². The van der Waals surface area contributed by atoms with Gasteiger partial charge in [-0.2, -0.15) is 13.2 Å². The third kappa shape index (κ3) is 3.88. The Hall–Kier alpha value is -0.980. The number of alkyl halides is 3. The van der Waals surface area contributed by atoms with Crippen LogP contribution < -0.4 is 10.6 Å². The van der Waals surface area contributed by atoms with Crippen molar-refractivity contribution in [1.82, 2.24) is 10.6 Å². The molecule has 1 unspecified atom stereocenters. The molecule has 0 bridgehead atoms. The van der Waals surface area contributed by atoms with E-state index >= 15 is 0 Å². The van der Waals surface area contributed by atoms with Crippen molar-refractivity contribution < 1.29 is 23.1 Å². The maximum absolute atomic E-state index is 11.8. The third-order valence-corrected chi connectivity index (χ3v) is 2.66. The van der Waals surface area contributed by atoms with Gasteiger partial charge in [0.1, 0.15) is 6.54 Å². The predicted octanol–water partition coefficient (Wildman–Crippen LogP) is 1.01. The summed E-state index contributed by atoms with van der Waals surface area (Å²) in [6.45, 7) is -0.0278. The van der Waals surface area contributed by atoms with Crippen LogP contribution in [0.25, 0.3) is 0 Å². The maximum atomic E-state index is 11.8. The van der Waals surface area contributed by atoms with Crippen molar-refractivity contribution in [2.45, 2.75) is 31.5 Å². The number of carbonyl (C=O) groups excluding carboxylic acids is 1. The third-order valence-electron chi connectivity index (χ3n) is 2.66. The minimum absolute atomic E-state index is 0.147. The Labute approximate surface area is 91.2 Å². The summed E-state index contributed by atoms with van der Waals surface area (Å²) < 4.78 is 35.4. The molecule has 1 atom stereocenters. The van der Waals surface area contributed by atoms with Crippen molar-refractivity contribution in [1.29, 1.82) is 0 Å². The van der Waals surface area contributed by atoms with Crippen molar-refractivity contribution in [3.63, 3.8) is 0 Å². The number of carbonyl (C=O) groups is 1. The Kier molecular flexibility index (Phi) is 3.67. The molecule has 1 rings (SSSR count). The molecule has 94 valence electrons. The number of hydrogen-bond acceptors (Lipinski definition) is 2. The van der Waals surface area contributed by atoms with Gasteiger partial charge < -0.3 is 15.7 Å². The van der Waals surface area contributed by atoms with Gasteiger partial charge in [0.05, 0.1) is 12.1 Å². The fourth-order valence-electron chi connectivity index (χ4n) is 1.48. The van der Waals surface area contributed by atoms with Crippen LogP contribution in [0.5, 0.6) is 0 Å². The van der Waals surface area contributed by atoms with Crippen LogP contribution in [-0.2, 0) is 0 Å². The molecule has 0 radical (unpaired) electrons. The second kappa shape index (κ2) is 4.48. The van der Waals surface area contributed by atoms with Crippen molar-refractivity contribution in [2.75, 3.05) is 13.2 Å². The van der Waals surface area contributed by atoms with E-state index in [4.69, 9.17) is 5.11 Å². The Morgan fingerprint density at radius 1 is 1.44 bits per heavy atom. The lowest BCUT2D eigenvalue weighted by atomic mass is 9.97. The topological polar surface area (TPSA) is 61.4 Å². The van der Waals surface area contributed by atoms with E-state index in [2.05, 4.69) is 5.32 Å². The molecule has 1 fully saturated rings. The summed E-state index contributed by atoms with van der Waals surface area (Å²) >= 11 is 0. The molecule has 3 N–H and O–H groups in total. The minimum atomic E-state index is -4.42. The van der Waals surface area contributed by atoms with Crippen LogP contribution in [-0.4, -0.2) is 36.0 Å². The van der Waals surface area contributed by atoms with Gasteiger partial charge >= 0.3 is 12.2 Å². The SMILES string of the molecule is CC(CO)(NC(=O)NCC(F)(F)F)C1CC1. The van der Waals surface area contributed by atoms with E-state index < -0.39 is 24.3 Å². The summed E-state index contributed by atoms with van der Waals surface area (Å²) in [7, 11) is 0. The van der Waals surface area contributed by atoms with E-state index in [1.165, 1.54) is 0 Å². The molecule has 0 aromatic carbocycles. The zero-order valence-electron chi connectivity index (χ0n) is 8.90. The molecule has 16 heavy (non-hydrogen) atoms. The number of aliphatic hydroxyl groups is 1. The molecule has 7 heteroatoms. The molecule has 0 aromatic heterocycles. The van der Waals surface area contributed by atoms with Gasteiger partial charge in [0, 0.05) is 0 Å². The second-order valence-corrected chi connectivity index (χ2v) is 4.27. The molecule has 1 aliphatic rings. The molecule has 1 aliphatic carbocycles. The number of halogens is 3. The van der Waals surface area contributed by atoms with E-state index in [0.29, 0.717) is 0 Å². The molecular formula is C9H15F3N2O2. The van der Waals surface area contributed by atoms with Gasteiger partial charge in [-0.3, -0.25) is 0 Å². The lowest BCUT2D eigenvalue weighted by molar-refractivity contribution is -0.122. The lowest BCUT2D eigenvalue weighted by Crippen LogP contribution is -2.55. The normalized spacial score (nSPS) is 20.1. The van der Waals surface area contributed by atoms with Crippen LogP contribution in [0, 0.1) is 5.92 Å². The van der Waals surface area contributed by atoms with Crippen LogP contribution in [0.4, 0.5) is 18.0 Å². The average molecular weight is 240 g/mol. The largest absolute Gasteiger partial charge is 0.405 e.